The van der Waals surface area contributed by atoms with E-state index >= 15 is 0 Å². The second kappa shape index (κ2) is 11.6. The summed E-state index contributed by atoms with van der Waals surface area (Å²) in [5, 5.41) is 9.88. The smallest absolute Gasteiger partial charge is 0.299 e. The normalized spacial score (nSPS) is 10.7. The van der Waals surface area contributed by atoms with Gasteiger partial charge in [0.2, 0.25) is 0 Å². The molecule has 0 aliphatic rings. The van der Waals surface area contributed by atoms with Crippen LogP contribution in [0, 0.1) is 17.5 Å². The molecule has 7 nitrogen and oxygen atoms in total. The first-order valence-electron chi connectivity index (χ1n) is 12.1. The van der Waals surface area contributed by atoms with Crippen molar-refractivity contribution < 1.29 is 22.7 Å². The van der Waals surface area contributed by atoms with E-state index in [2.05, 4.69) is 15.7 Å². The highest BCUT2D eigenvalue weighted by Gasteiger charge is 2.16. The SMILES string of the molecule is O=C(NCc1cccc(F)c1)c1ccc(Nc2c(Oc3ccc(F)cc3)cnn(-c3ccc(F)cc3)c2=O)cc1. The van der Waals surface area contributed by atoms with Crippen LogP contribution in [0.3, 0.4) is 0 Å². The second-order valence-corrected chi connectivity index (χ2v) is 8.65. The molecule has 0 fully saturated rings. The van der Waals surface area contributed by atoms with Gasteiger partial charge in [-0.25, -0.2) is 13.2 Å². The minimum Gasteiger partial charge on any atom is -0.453 e. The van der Waals surface area contributed by atoms with E-state index in [-0.39, 0.29) is 35.5 Å². The highest BCUT2D eigenvalue weighted by atomic mass is 19.1. The summed E-state index contributed by atoms with van der Waals surface area (Å²) >= 11 is 0. The summed E-state index contributed by atoms with van der Waals surface area (Å²) in [5.41, 5.74) is 1.17. The zero-order valence-electron chi connectivity index (χ0n) is 20.8. The van der Waals surface area contributed by atoms with Crippen LogP contribution in [-0.4, -0.2) is 15.7 Å². The van der Waals surface area contributed by atoms with Crippen molar-refractivity contribution in [2.45, 2.75) is 6.54 Å². The number of ether oxygens (including phenoxy) is 1. The third-order valence-electron chi connectivity index (χ3n) is 5.81. The van der Waals surface area contributed by atoms with Gasteiger partial charge in [0, 0.05) is 17.8 Å². The Balaban J connectivity index is 1.40. The van der Waals surface area contributed by atoms with Crippen LogP contribution in [0.4, 0.5) is 24.5 Å². The van der Waals surface area contributed by atoms with Crippen molar-refractivity contribution in [3.8, 4) is 17.2 Å². The number of rotatable bonds is 8. The first-order valence-corrected chi connectivity index (χ1v) is 12.1. The molecule has 4 aromatic carbocycles. The van der Waals surface area contributed by atoms with Gasteiger partial charge in [0.15, 0.2) is 11.4 Å². The Hall–Kier alpha value is -5.38. The molecule has 0 aliphatic carbocycles. The Labute approximate surface area is 226 Å². The van der Waals surface area contributed by atoms with E-state index in [1.807, 2.05) is 0 Å². The maximum absolute atomic E-state index is 13.5. The molecule has 5 aromatic rings. The van der Waals surface area contributed by atoms with Crippen molar-refractivity contribution >= 4 is 17.3 Å². The van der Waals surface area contributed by atoms with E-state index in [9.17, 15) is 22.8 Å². The maximum Gasteiger partial charge on any atom is 0.299 e. The van der Waals surface area contributed by atoms with Crippen molar-refractivity contribution in [3.63, 3.8) is 0 Å². The van der Waals surface area contributed by atoms with Crippen LogP contribution in [0.2, 0.25) is 0 Å². The van der Waals surface area contributed by atoms with E-state index in [1.54, 1.807) is 36.4 Å². The highest BCUT2D eigenvalue weighted by molar-refractivity contribution is 5.94. The average Bonchev–Trinajstić information content (AvgIpc) is 2.96. The van der Waals surface area contributed by atoms with Gasteiger partial charge in [0.1, 0.15) is 23.2 Å². The van der Waals surface area contributed by atoms with Gasteiger partial charge < -0.3 is 15.4 Å². The van der Waals surface area contributed by atoms with Gasteiger partial charge in [-0.15, -0.1) is 0 Å². The summed E-state index contributed by atoms with van der Waals surface area (Å²) in [6.07, 6.45) is 1.31. The summed E-state index contributed by atoms with van der Waals surface area (Å²) < 4.78 is 47.1. The number of halogens is 3. The van der Waals surface area contributed by atoms with Gasteiger partial charge in [0.05, 0.1) is 11.9 Å². The lowest BCUT2D eigenvalue weighted by Gasteiger charge is -2.15. The number of benzene rings is 4. The monoisotopic (exact) mass is 542 g/mol. The maximum atomic E-state index is 13.5. The molecule has 200 valence electrons. The van der Waals surface area contributed by atoms with Crippen LogP contribution in [0.1, 0.15) is 15.9 Å². The summed E-state index contributed by atoms with van der Waals surface area (Å²) in [4.78, 5) is 26.0. The number of hydrogen-bond donors (Lipinski definition) is 2. The van der Waals surface area contributed by atoms with Crippen molar-refractivity contribution in [1.82, 2.24) is 15.1 Å². The molecule has 0 radical (unpaired) electrons. The quantitative estimate of drug-likeness (QED) is 0.247. The third kappa shape index (κ3) is 6.18. The molecule has 0 aliphatic heterocycles. The van der Waals surface area contributed by atoms with Gasteiger partial charge in [-0.3, -0.25) is 9.59 Å². The molecule has 10 heteroatoms. The lowest BCUT2D eigenvalue weighted by Crippen LogP contribution is -2.24. The number of anilines is 2. The number of hydrogen-bond acceptors (Lipinski definition) is 5. The molecular weight excluding hydrogens is 521 g/mol. The average molecular weight is 543 g/mol. The van der Waals surface area contributed by atoms with E-state index in [0.29, 0.717) is 22.5 Å². The van der Waals surface area contributed by atoms with Crippen LogP contribution in [0.15, 0.2) is 108 Å². The van der Waals surface area contributed by atoms with Crippen molar-refractivity contribution in [2.24, 2.45) is 0 Å². The standard InChI is InChI=1S/C30H21F3N4O3/c31-21-6-12-25(13-7-21)37-30(39)28(27(18-35-37)40-26-14-8-22(32)9-15-26)36-24-10-4-20(5-11-24)29(38)34-17-19-2-1-3-23(33)16-19/h1-16,18,36H,17H2,(H,34,38). The predicted molar refractivity (Wildman–Crippen MR) is 144 cm³/mol. The molecule has 0 saturated heterocycles. The topological polar surface area (TPSA) is 85.2 Å². The Morgan fingerprint density at radius 2 is 1.50 bits per heavy atom. The minimum absolute atomic E-state index is 0.00644. The molecule has 5 rings (SSSR count). The van der Waals surface area contributed by atoms with Crippen molar-refractivity contribution in [1.29, 1.82) is 0 Å². The molecule has 1 amide bonds. The van der Waals surface area contributed by atoms with Gasteiger partial charge in [-0.05, 0) is 90.5 Å². The fourth-order valence-electron chi connectivity index (χ4n) is 3.81. The predicted octanol–water partition coefficient (Wildman–Crippen LogP) is 6.12. The Kier molecular flexibility index (Phi) is 7.58. The summed E-state index contributed by atoms with van der Waals surface area (Å²) in [7, 11) is 0. The van der Waals surface area contributed by atoms with E-state index < -0.39 is 17.2 Å². The van der Waals surface area contributed by atoms with Crippen LogP contribution < -0.4 is 20.9 Å². The molecule has 1 heterocycles. The molecule has 40 heavy (non-hydrogen) atoms. The molecule has 0 unspecified atom stereocenters. The first-order chi connectivity index (χ1) is 19.4. The zero-order chi connectivity index (χ0) is 28.1. The molecule has 2 N–H and O–H groups in total. The fraction of sp³-hybridized carbons (Fsp3) is 0.0333. The van der Waals surface area contributed by atoms with E-state index in [4.69, 9.17) is 4.74 Å². The van der Waals surface area contributed by atoms with Crippen LogP contribution >= 0.6 is 0 Å². The Bertz CT molecular complexity index is 1710. The molecule has 0 saturated carbocycles. The number of aromatic nitrogens is 2. The third-order valence-corrected chi connectivity index (χ3v) is 5.81. The lowest BCUT2D eigenvalue weighted by molar-refractivity contribution is 0.0951. The molecule has 0 atom stereocenters. The van der Waals surface area contributed by atoms with E-state index in [0.717, 1.165) is 4.68 Å². The largest absolute Gasteiger partial charge is 0.453 e. The minimum atomic E-state index is -0.594. The zero-order valence-corrected chi connectivity index (χ0v) is 20.8. The Morgan fingerprint density at radius 1 is 0.825 bits per heavy atom. The second-order valence-electron chi connectivity index (χ2n) is 8.65. The highest BCUT2D eigenvalue weighted by Crippen LogP contribution is 2.29. The summed E-state index contributed by atoms with van der Waals surface area (Å²) in [6.45, 7) is 0.153. The van der Waals surface area contributed by atoms with Crippen molar-refractivity contribution in [3.05, 3.63) is 142 Å². The Morgan fingerprint density at radius 3 is 2.17 bits per heavy atom. The van der Waals surface area contributed by atoms with Crippen LogP contribution in [-0.2, 0) is 6.54 Å². The van der Waals surface area contributed by atoms with Gasteiger partial charge in [0.25, 0.3) is 11.5 Å². The first kappa shape index (κ1) is 26.2. The lowest BCUT2D eigenvalue weighted by atomic mass is 10.1. The van der Waals surface area contributed by atoms with Gasteiger partial charge >= 0.3 is 0 Å². The van der Waals surface area contributed by atoms with E-state index in [1.165, 1.54) is 66.9 Å². The molecule has 0 spiro atoms. The fourth-order valence-corrected chi connectivity index (χ4v) is 3.81. The number of amides is 1. The number of nitrogens with zero attached hydrogens (tertiary/aromatic N) is 2. The van der Waals surface area contributed by atoms with Gasteiger partial charge in [-0.1, -0.05) is 12.1 Å². The van der Waals surface area contributed by atoms with Crippen molar-refractivity contribution in [2.75, 3.05) is 5.32 Å². The number of carbonyl (C=O) groups is 1. The number of carbonyl (C=O) groups excluding carboxylic acids is 1. The molecular formula is C30H21F3N4O3. The summed E-state index contributed by atoms with van der Waals surface area (Å²) in [5.74, 6) is -1.33. The number of nitrogens with one attached hydrogen (secondary N) is 2. The van der Waals surface area contributed by atoms with Crippen LogP contribution in [0.25, 0.3) is 5.69 Å². The summed E-state index contributed by atoms with van der Waals surface area (Å²) in [6, 6.07) is 22.7. The molecule has 0 bridgehead atoms. The van der Waals surface area contributed by atoms with Gasteiger partial charge in [-0.2, -0.15) is 9.78 Å². The molecule has 1 aromatic heterocycles. The van der Waals surface area contributed by atoms with Crippen LogP contribution in [0.5, 0.6) is 11.5 Å².